The molecule has 0 saturated heterocycles. The fourth-order valence-corrected chi connectivity index (χ4v) is 4.14. The minimum atomic E-state index is -0.341. The van der Waals surface area contributed by atoms with E-state index in [0.717, 1.165) is 24.0 Å². The Bertz CT molecular complexity index is 748. The molecule has 0 saturated carbocycles. The first-order chi connectivity index (χ1) is 20.5. The molecule has 4 heteroatoms. The lowest BCUT2D eigenvalue weighted by Crippen LogP contribution is -1.99. The van der Waals surface area contributed by atoms with Crippen LogP contribution in [0.5, 0.6) is 0 Å². The molecule has 4 nitrogen and oxygen atoms in total. The molecule has 0 aliphatic rings. The second-order valence-electron chi connectivity index (χ2n) is 11.2. The second kappa shape index (κ2) is 35.2. The van der Waals surface area contributed by atoms with Crippen LogP contribution in [0, 0.1) is 5.92 Å². The van der Waals surface area contributed by atoms with Crippen molar-refractivity contribution in [2.45, 2.75) is 136 Å². The fourth-order valence-electron chi connectivity index (χ4n) is 4.14. The number of unbranched alkanes of at least 4 members (excludes halogenated alkanes) is 13. The first kappa shape index (κ1) is 42.2. The molecule has 0 aliphatic heterocycles. The Balaban J connectivity index is 0. The first-order valence-corrected chi connectivity index (χ1v) is 16.7. The molecule has 0 bridgehead atoms. The number of aliphatic hydroxyl groups excluding tert-OH is 4. The first-order valence-electron chi connectivity index (χ1n) is 16.7. The summed E-state index contributed by atoms with van der Waals surface area (Å²) in [5.41, 5.74) is 1.94. The minimum absolute atomic E-state index is 0.140. The number of aliphatic hydroxyl groups is 4. The van der Waals surface area contributed by atoms with Gasteiger partial charge < -0.3 is 20.4 Å². The Labute approximate surface area is 259 Å². The maximum atomic E-state index is 9.02. The molecule has 0 aliphatic carbocycles. The van der Waals surface area contributed by atoms with Crippen LogP contribution in [0.15, 0.2) is 73.3 Å². The van der Waals surface area contributed by atoms with Crippen molar-refractivity contribution >= 4 is 0 Å². The highest BCUT2D eigenvalue weighted by Crippen LogP contribution is 2.12. The monoisotopic (exact) mass is 586 g/mol. The van der Waals surface area contributed by atoms with E-state index in [-0.39, 0.29) is 12.7 Å². The summed E-state index contributed by atoms with van der Waals surface area (Å²) in [6.07, 6.45) is 22.4. The van der Waals surface area contributed by atoms with Crippen molar-refractivity contribution in [3.05, 3.63) is 84.4 Å². The number of hydrogen-bond donors (Lipinski definition) is 4. The normalized spacial score (nSPS) is 11.5. The fraction of sp³-hybridized carbons (Fsp3) is 0.632. The summed E-state index contributed by atoms with van der Waals surface area (Å²) in [6.45, 7) is 10.7. The number of allylic oxidation sites excluding steroid dienone is 1. The quantitative estimate of drug-likeness (QED) is 0.0919. The maximum absolute atomic E-state index is 9.02. The predicted octanol–water partition coefficient (Wildman–Crippen LogP) is 9.96. The Morgan fingerprint density at radius 2 is 1.12 bits per heavy atom. The standard InChI is InChI=1S/C12H26O.C11H22O.C8H10O.C7H8O/c1-3-4-5-6-7-8-9-10-12(2)11-13;1-2-3-4-5-6-7-8-9-10-11-12;1-7(9)8-5-3-2-4-6-8;8-6-7-4-2-1-3-5-7/h12-13H,3-11H2,1-2H3;2,12H,1,3-11H2;2-7,9H,1H3;1-5,8H,6H2. The number of benzene rings is 2. The molecule has 2 aromatic carbocycles. The van der Waals surface area contributed by atoms with E-state index in [1.54, 1.807) is 6.92 Å². The van der Waals surface area contributed by atoms with Crippen molar-refractivity contribution in [2.24, 2.45) is 5.92 Å². The van der Waals surface area contributed by atoms with Gasteiger partial charge >= 0.3 is 0 Å². The molecule has 42 heavy (non-hydrogen) atoms. The van der Waals surface area contributed by atoms with E-state index in [1.165, 1.54) is 89.9 Å². The third-order valence-corrected chi connectivity index (χ3v) is 6.99. The molecule has 2 unspecified atom stereocenters. The zero-order chi connectivity index (χ0) is 31.5. The zero-order valence-electron chi connectivity index (χ0n) is 27.4. The van der Waals surface area contributed by atoms with Crippen LogP contribution in [0.1, 0.15) is 141 Å². The van der Waals surface area contributed by atoms with E-state index in [0.29, 0.717) is 19.1 Å². The highest BCUT2D eigenvalue weighted by Gasteiger charge is 1.98. The van der Waals surface area contributed by atoms with Crippen LogP contribution in [-0.2, 0) is 6.61 Å². The van der Waals surface area contributed by atoms with Crippen molar-refractivity contribution in [1.82, 2.24) is 0 Å². The van der Waals surface area contributed by atoms with Crippen LogP contribution in [0.4, 0.5) is 0 Å². The average Bonchev–Trinajstić information content (AvgIpc) is 3.03. The lowest BCUT2D eigenvalue weighted by atomic mass is 10.0. The van der Waals surface area contributed by atoms with Crippen LogP contribution < -0.4 is 0 Å². The van der Waals surface area contributed by atoms with Gasteiger partial charge in [0.15, 0.2) is 0 Å². The van der Waals surface area contributed by atoms with Gasteiger partial charge in [-0.3, -0.25) is 0 Å². The van der Waals surface area contributed by atoms with Crippen molar-refractivity contribution in [3.8, 4) is 0 Å². The summed E-state index contributed by atoms with van der Waals surface area (Å²) in [4.78, 5) is 0. The van der Waals surface area contributed by atoms with Crippen LogP contribution in [0.25, 0.3) is 0 Å². The molecule has 4 N–H and O–H groups in total. The highest BCUT2D eigenvalue weighted by atomic mass is 16.3. The summed E-state index contributed by atoms with van der Waals surface area (Å²) in [5, 5.41) is 34.9. The molecule has 0 fully saturated rings. The van der Waals surface area contributed by atoms with Gasteiger partial charge in [0.1, 0.15) is 0 Å². The van der Waals surface area contributed by atoms with Gasteiger partial charge in [0, 0.05) is 13.2 Å². The molecule has 242 valence electrons. The van der Waals surface area contributed by atoms with Crippen LogP contribution in [0.2, 0.25) is 0 Å². The van der Waals surface area contributed by atoms with Crippen molar-refractivity contribution in [2.75, 3.05) is 13.2 Å². The Hall–Kier alpha value is -1.98. The molecule has 2 atom stereocenters. The third-order valence-electron chi connectivity index (χ3n) is 6.99. The molecule has 2 aromatic rings. The summed E-state index contributed by atoms with van der Waals surface area (Å²) in [5.74, 6) is 0.510. The minimum Gasteiger partial charge on any atom is -0.396 e. The van der Waals surface area contributed by atoms with Crippen molar-refractivity contribution in [3.63, 3.8) is 0 Å². The molecular formula is C38H66O4. The van der Waals surface area contributed by atoms with Gasteiger partial charge in [-0.05, 0) is 49.7 Å². The maximum Gasteiger partial charge on any atom is 0.0761 e. The van der Waals surface area contributed by atoms with E-state index in [4.69, 9.17) is 20.4 Å². The number of rotatable bonds is 20. The van der Waals surface area contributed by atoms with E-state index >= 15 is 0 Å². The van der Waals surface area contributed by atoms with Gasteiger partial charge in [-0.1, -0.05) is 158 Å². The van der Waals surface area contributed by atoms with Crippen LogP contribution in [-0.4, -0.2) is 33.6 Å². The van der Waals surface area contributed by atoms with Gasteiger partial charge in [-0.25, -0.2) is 0 Å². The molecule has 0 radical (unpaired) electrons. The Morgan fingerprint density at radius 3 is 1.52 bits per heavy atom. The van der Waals surface area contributed by atoms with Crippen LogP contribution in [0.3, 0.4) is 0 Å². The summed E-state index contributed by atoms with van der Waals surface area (Å²) < 4.78 is 0. The Kier molecular flexibility index (Phi) is 35.3. The van der Waals surface area contributed by atoms with E-state index in [9.17, 15) is 0 Å². The lowest BCUT2D eigenvalue weighted by molar-refractivity contribution is 0.199. The lowest BCUT2D eigenvalue weighted by Gasteiger charge is -2.06. The second-order valence-corrected chi connectivity index (χ2v) is 11.2. The van der Waals surface area contributed by atoms with Crippen molar-refractivity contribution < 1.29 is 20.4 Å². The van der Waals surface area contributed by atoms with Gasteiger partial charge in [0.2, 0.25) is 0 Å². The molecule has 2 rings (SSSR count). The SMILES string of the molecule is C=CCCCCCCCCCO.CC(O)c1ccccc1.CCCCCCCCCC(C)CO.OCc1ccccc1. The largest absolute Gasteiger partial charge is 0.396 e. The molecule has 0 amide bonds. The molecule has 0 aromatic heterocycles. The van der Waals surface area contributed by atoms with Crippen molar-refractivity contribution in [1.29, 1.82) is 0 Å². The molecule has 0 heterocycles. The van der Waals surface area contributed by atoms with E-state index in [1.807, 2.05) is 66.7 Å². The highest BCUT2D eigenvalue weighted by molar-refractivity contribution is 5.16. The smallest absolute Gasteiger partial charge is 0.0761 e. The van der Waals surface area contributed by atoms with Gasteiger partial charge in [-0.15, -0.1) is 6.58 Å². The van der Waals surface area contributed by atoms with Crippen LogP contribution >= 0.6 is 0 Å². The summed E-state index contributed by atoms with van der Waals surface area (Å²) in [6, 6.07) is 19.1. The van der Waals surface area contributed by atoms with E-state index in [2.05, 4.69) is 20.4 Å². The molecular weight excluding hydrogens is 520 g/mol. The predicted molar refractivity (Wildman–Crippen MR) is 183 cm³/mol. The van der Waals surface area contributed by atoms with Gasteiger partial charge in [0.25, 0.3) is 0 Å². The van der Waals surface area contributed by atoms with Gasteiger partial charge in [-0.2, -0.15) is 0 Å². The number of hydrogen-bond acceptors (Lipinski definition) is 4. The van der Waals surface area contributed by atoms with E-state index < -0.39 is 0 Å². The summed E-state index contributed by atoms with van der Waals surface area (Å²) >= 11 is 0. The topological polar surface area (TPSA) is 80.9 Å². The summed E-state index contributed by atoms with van der Waals surface area (Å²) in [7, 11) is 0. The van der Waals surface area contributed by atoms with Gasteiger partial charge in [0.05, 0.1) is 12.7 Å². The third kappa shape index (κ3) is 32.5. The Morgan fingerprint density at radius 1 is 0.643 bits per heavy atom. The zero-order valence-corrected chi connectivity index (χ0v) is 27.4. The average molecular weight is 587 g/mol. The molecule has 0 spiro atoms.